The van der Waals surface area contributed by atoms with Crippen molar-refractivity contribution in [2.75, 3.05) is 18.0 Å². The van der Waals surface area contributed by atoms with Gasteiger partial charge in [-0.3, -0.25) is 19.3 Å². The molecule has 0 spiro atoms. The lowest BCUT2D eigenvalue weighted by molar-refractivity contribution is -0.385. The standard InChI is InChI=1S/C19H18N4O3/c24-19-17(23(25)26)18(20-16-8-4-5-11-22(16)19)21-12-9-15(10-13-21)14-6-2-1-3-7-14/h1-8,11,15H,9-10,12-13H2. The van der Waals surface area contributed by atoms with E-state index in [-0.39, 0.29) is 5.82 Å². The number of piperidine rings is 1. The third-order valence-electron chi connectivity index (χ3n) is 4.94. The first-order valence-corrected chi connectivity index (χ1v) is 8.61. The van der Waals surface area contributed by atoms with E-state index in [1.165, 1.54) is 16.2 Å². The predicted molar refractivity (Wildman–Crippen MR) is 98.7 cm³/mol. The van der Waals surface area contributed by atoms with Crippen LogP contribution in [0, 0.1) is 10.1 Å². The van der Waals surface area contributed by atoms with Crippen LogP contribution in [0.3, 0.4) is 0 Å². The number of pyridine rings is 1. The van der Waals surface area contributed by atoms with Gasteiger partial charge in [0.25, 0.3) is 0 Å². The summed E-state index contributed by atoms with van der Waals surface area (Å²) < 4.78 is 1.22. The van der Waals surface area contributed by atoms with Crippen molar-refractivity contribution in [3.8, 4) is 0 Å². The van der Waals surface area contributed by atoms with Gasteiger partial charge in [0.2, 0.25) is 5.82 Å². The Kier molecular flexibility index (Phi) is 4.12. The summed E-state index contributed by atoms with van der Waals surface area (Å²) in [4.78, 5) is 29.8. The van der Waals surface area contributed by atoms with Crippen molar-refractivity contribution in [2.45, 2.75) is 18.8 Å². The number of nitro groups is 1. The second kappa shape index (κ2) is 6.59. The molecule has 1 aliphatic heterocycles. The van der Waals surface area contributed by atoms with Crippen LogP contribution in [0.15, 0.2) is 59.5 Å². The van der Waals surface area contributed by atoms with E-state index in [0.29, 0.717) is 24.7 Å². The van der Waals surface area contributed by atoms with Gasteiger partial charge in [0.05, 0.1) is 4.92 Å². The molecular formula is C19H18N4O3. The Morgan fingerprint density at radius 1 is 1.04 bits per heavy atom. The molecule has 0 bridgehead atoms. The van der Waals surface area contributed by atoms with Crippen LogP contribution in [0.2, 0.25) is 0 Å². The maximum absolute atomic E-state index is 12.6. The quantitative estimate of drug-likeness (QED) is 0.536. The van der Waals surface area contributed by atoms with Gasteiger partial charge in [-0.25, -0.2) is 4.98 Å². The number of hydrogen-bond donors (Lipinski definition) is 0. The van der Waals surface area contributed by atoms with Crippen molar-refractivity contribution in [1.82, 2.24) is 9.38 Å². The molecule has 0 atom stereocenters. The monoisotopic (exact) mass is 350 g/mol. The summed E-state index contributed by atoms with van der Waals surface area (Å²) in [6.45, 7) is 1.27. The molecule has 1 aromatic carbocycles. The Bertz CT molecular complexity index is 1010. The predicted octanol–water partition coefficient (Wildman–Crippen LogP) is 2.99. The largest absolute Gasteiger partial charge is 0.376 e. The van der Waals surface area contributed by atoms with Gasteiger partial charge < -0.3 is 4.90 Å². The Morgan fingerprint density at radius 3 is 2.42 bits per heavy atom. The SMILES string of the molecule is O=c1c([N+](=O)[O-])c(N2CCC(c3ccccc3)CC2)nc2ccccn12. The summed E-state index contributed by atoms with van der Waals surface area (Å²) in [6, 6.07) is 15.4. The average molecular weight is 350 g/mol. The fourth-order valence-corrected chi connectivity index (χ4v) is 3.60. The fourth-order valence-electron chi connectivity index (χ4n) is 3.60. The van der Waals surface area contributed by atoms with E-state index in [9.17, 15) is 14.9 Å². The summed E-state index contributed by atoms with van der Waals surface area (Å²) >= 11 is 0. The number of aromatic nitrogens is 2. The molecule has 0 saturated carbocycles. The number of rotatable bonds is 3. The molecule has 7 heteroatoms. The van der Waals surface area contributed by atoms with Gasteiger partial charge in [-0.2, -0.15) is 0 Å². The van der Waals surface area contributed by atoms with Crippen molar-refractivity contribution in [2.24, 2.45) is 0 Å². The van der Waals surface area contributed by atoms with E-state index < -0.39 is 16.2 Å². The normalized spacial score (nSPS) is 15.3. The van der Waals surface area contributed by atoms with Crippen molar-refractivity contribution in [3.63, 3.8) is 0 Å². The highest BCUT2D eigenvalue weighted by Gasteiger charge is 2.30. The van der Waals surface area contributed by atoms with Crippen molar-refractivity contribution in [1.29, 1.82) is 0 Å². The molecule has 3 heterocycles. The third-order valence-corrected chi connectivity index (χ3v) is 4.94. The second-order valence-corrected chi connectivity index (χ2v) is 6.45. The molecule has 1 fully saturated rings. The molecule has 0 radical (unpaired) electrons. The van der Waals surface area contributed by atoms with Crippen LogP contribution < -0.4 is 10.5 Å². The van der Waals surface area contributed by atoms with E-state index in [4.69, 9.17) is 0 Å². The smallest absolute Gasteiger partial charge is 0.351 e. The van der Waals surface area contributed by atoms with Gasteiger partial charge in [-0.05, 0) is 36.5 Å². The van der Waals surface area contributed by atoms with Crippen LogP contribution in [0.1, 0.15) is 24.3 Å². The number of nitrogens with zero attached hydrogens (tertiary/aromatic N) is 4. The third kappa shape index (κ3) is 2.81. The Labute approximate surface area is 149 Å². The van der Waals surface area contributed by atoms with Crippen LogP contribution in [-0.4, -0.2) is 27.4 Å². The van der Waals surface area contributed by atoms with Gasteiger partial charge in [0.1, 0.15) is 5.65 Å². The van der Waals surface area contributed by atoms with Gasteiger partial charge in [-0.1, -0.05) is 36.4 Å². The molecule has 2 aromatic heterocycles. The molecule has 3 aromatic rings. The first-order chi connectivity index (χ1) is 12.6. The number of hydrogen-bond acceptors (Lipinski definition) is 5. The Hall–Kier alpha value is -3.22. The van der Waals surface area contributed by atoms with Crippen LogP contribution in [0.5, 0.6) is 0 Å². The maximum Gasteiger partial charge on any atom is 0.376 e. The van der Waals surface area contributed by atoms with Crippen LogP contribution in [0.4, 0.5) is 11.5 Å². The molecule has 0 amide bonds. The first kappa shape index (κ1) is 16.3. The lowest BCUT2D eigenvalue weighted by Crippen LogP contribution is -2.35. The molecule has 7 nitrogen and oxygen atoms in total. The zero-order valence-electron chi connectivity index (χ0n) is 14.1. The summed E-state index contributed by atoms with van der Waals surface area (Å²) in [5.41, 5.74) is 0.615. The molecule has 0 unspecified atom stereocenters. The number of anilines is 1. The topological polar surface area (TPSA) is 80.8 Å². The van der Waals surface area contributed by atoms with Crippen molar-refractivity contribution < 1.29 is 4.92 Å². The second-order valence-electron chi connectivity index (χ2n) is 6.45. The van der Waals surface area contributed by atoms with Crippen LogP contribution in [0.25, 0.3) is 5.65 Å². The maximum atomic E-state index is 12.6. The van der Waals surface area contributed by atoms with E-state index >= 15 is 0 Å². The van der Waals surface area contributed by atoms with E-state index in [0.717, 1.165) is 12.8 Å². The molecular weight excluding hydrogens is 332 g/mol. The number of benzene rings is 1. The molecule has 132 valence electrons. The summed E-state index contributed by atoms with van der Waals surface area (Å²) in [5.74, 6) is 0.603. The molecule has 1 aliphatic rings. The minimum atomic E-state index is -0.638. The molecule has 0 aliphatic carbocycles. The molecule has 0 N–H and O–H groups in total. The van der Waals surface area contributed by atoms with Crippen LogP contribution in [-0.2, 0) is 0 Å². The minimum Gasteiger partial charge on any atom is -0.351 e. The zero-order valence-corrected chi connectivity index (χ0v) is 14.1. The molecule has 1 saturated heterocycles. The Balaban J connectivity index is 1.68. The zero-order chi connectivity index (χ0) is 18.1. The number of fused-ring (bicyclic) bond motifs is 1. The molecule has 26 heavy (non-hydrogen) atoms. The first-order valence-electron chi connectivity index (χ1n) is 8.61. The highest BCUT2D eigenvalue weighted by atomic mass is 16.6. The average Bonchev–Trinajstić information content (AvgIpc) is 2.68. The van der Waals surface area contributed by atoms with Gasteiger partial charge in [0.15, 0.2) is 0 Å². The van der Waals surface area contributed by atoms with Gasteiger partial charge in [0, 0.05) is 19.3 Å². The summed E-state index contributed by atoms with van der Waals surface area (Å²) in [7, 11) is 0. The van der Waals surface area contributed by atoms with E-state index in [1.807, 2.05) is 23.1 Å². The van der Waals surface area contributed by atoms with E-state index in [2.05, 4.69) is 17.1 Å². The van der Waals surface area contributed by atoms with Crippen molar-refractivity contribution >= 4 is 17.2 Å². The van der Waals surface area contributed by atoms with Crippen LogP contribution >= 0.6 is 0 Å². The lowest BCUT2D eigenvalue weighted by atomic mass is 9.89. The summed E-state index contributed by atoms with van der Waals surface area (Å²) in [6.07, 6.45) is 3.25. The minimum absolute atomic E-state index is 0.178. The van der Waals surface area contributed by atoms with E-state index in [1.54, 1.807) is 18.2 Å². The van der Waals surface area contributed by atoms with Gasteiger partial charge >= 0.3 is 11.2 Å². The van der Waals surface area contributed by atoms with Crippen molar-refractivity contribution in [3.05, 3.63) is 80.8 Å². The highest BCUT2D eigenvalue weighted by Crippen LogP contribution is 2.32. The summed E-state index contributed by atoms with van der Waals surface area (Å²) in [5, 5.41) is 11.5. The van der Waals surface area contributed by atoms with Gasteiger partial charge in [-0.15, -0.1) is 0 Å². The molecule has 4 rings (SSSR count). The fraction of sp³-hybridized carbons (Fsp3) is 0.263. The highest BCUT2D eigenvalue weighted by molar-refractivity contribution is 5.61. The lowest BCUT2D eigenvalue weighted by Gasteiger charge is -2.32. The Morgan fingerprint density at radius 2 is 1.73 bits per heavy atom.